The summed E-state index contributed by atoms with van der Waals surface area (Å²) >= 11 is 0. The van der Waals surface area contributed by atoms with E-state index in [2.05, 4.69) is 12.2 Å². The fourth-order valence-electron chi connectivity index (χ4n) is 1.30. The first-order valence-corrected chi connectivity index (χ1v) is 4.99. The Hall–Kier alpha value is -1.38. The molecule has 0 saturated carbocycles. The molecule has 0 bridgehead atoms. The van der Waals surface area contributed by atoms with E-state index in [9.17, 15) is 10.2 Å². The van der Waals surface area contributed by atoms with E-state index in [1.54, 1.807) is 12.1 Å². The first-order chi connectivity index (χ1) is 6.72. The maximum atomic E-state index is 9.20. The van der Waals surface area contributed by atoms with E-state index < -0.39 is 0 Å². The van der Waals surface area contributed by atoms with Crippen molar-refractivity contribution in [2.75, 3.05) is 11.9 Å². The Balaban J connectivity index is 2.42. The van der Waals surface area contributed by atoms with Crippen molar-refractivity contribution in [1.82, 2.24) is 0 Å². The molecule has 0 atom stereocenters. The predicted molar refractivity (Wildman–Crippen MR) is 57.8 cm³/mol. The van der Waals surface area contributed by atoms with Gasteiger partial charge in [-0.2, -0.15) is 0 Å². The van der Waals surface area contributed by atoms with Crippen LogP contribution in [0.25, 0.3) is 0 Å². The Kier molecular flexibility index (Phi) is 4.11. The molecular weight excluding hydrogens is 178 g/mol. The fraction of sp³-hybridized carbons (Fsp3) is 0.455. The second-order valence-electron chi connectivity index (χ2n) is 3.37. The van der Waals surface area contributed by atoms with E-state index >= 15 is 0 Å². The highest BCUT2D eigenvalue weighted by Gasteiger charge is 1.97. The Morgan fingerprint density at radius 3 is 2.29 bits per heavy atom. The maximum Gasteiger partial charge on any atom is 0.121 e. The van der Waals surface area contributed by atoms with Crippen LogP contribution in [0.2, 0.25) is 0 Å². The van der Waals surface area contributed by atoms with Crippen molar-refractivity contribution >= 4 is 5.69 Å². The van der Waals surface area contributed by atoms with Gasteiger partial charge in [-0.15, -0.1) is 0 Å². The van der Waals surface area contributed by atoms with Crippen molar-refractivity contribution in [3.63, 3.8) is 0 Å². The van der Waals surface area contributed by atoms with Gasteiger partial charge in [0.1, 0.15) is 11.5 Å². The molecule has 0 amide bonds. The van der Waals surface area contributed by atoms with Crippen LogP contribution < -0.4 is 5.32 Å². The Morgan fingerprint density at radius 2 is 1.71 bits per heavy atom. The lowest BCUT2D eigenvalue weighted by Crippen LogP contribution is -2.00. The molecule has 1 aromatic carbocycles. The number of benzene rings is 1. The zero-order valence-electron chi connectivity index (χ0n) is 8.45. The zero-order chi connectivity index (χ0) is 10.4. The summed E-state index contributed by atoms with van der Waals surface area (Å²) in [7, 11) is 0. The molecular formula is C11H17NO2. The number of anilines is 1. The van der Waals surface area contributed by atoms with E-state index in [0.29, 0.717) is 0 Å². The summed E-state index contributed by atoms with van der Waals surface area (Å²) in [5.74, 6) is 0.172. The third-order valence-electron chi connectivity index (χ3n) is 2.01. The fourth-order valence-corrected chi connectivity index (χ4v) is 1.30. The molecule has 0 aromatic heterocycles. The van der Waals surface area contributed by atoms with Crippen LogP contribution in [0.1, 0.15) is 26.2 Å². The number of aromatic hydroxyl groups is 2. The molecule has 1 aromatic rings. The average molecular weight is 195 g/mol. The number of phenols is 2. The molecule has 0 aliphatic heterocycles. The van der Waals surface area contributed by atoms with E-state index in [4.69, 9.17) is 0 Å². The number of nitrogens with one attached hydrogen (secondary N) is 1. The molecule has 0 aliphatic rings. The summed E-state index contributed by atoms with van der Waals surface area (Å²) in [6.07, 6.45) is 3.48. The van der Waals surface area contributed by atoms with Gasteiger partial charge in [-0.3, -0.25) is 0 Å². The van der Waals surface area contributed by atoms with E-state index in [0.717, 1.165) is 18.7 Å². The quantitative estimate of drug-likeness (QED) is 0.633. The van der Waals surface area contributed by atoms with Gasteiger partial charge in [0.2, 0.25) is 0 Å². The maximum absolute atomic E-state index is 9.20. The van der Waals surface area contributed by atoms with Crippen LogP contribution in [0.4, 0.5) is 5.69 Å². The Morgan fingerprint density at radius 1 is 1.07 bits per heavy atom. The third kappa shape index (κ3) is 3.56. The molecule has 3 heteroatoms. The molecule has 0 heterocycles. The van der Waals surface area contributed by atoms with Crippen LogP contribution >= 0.6 is 0 Å². The monoisotopic (exact) mass is 195 g/mol. The van der Waals surface area contributed by atoms with Crippen LogP contribution in [0.15, 0.2) is 18.2 Å². The van der Waals surface area contributed by atoms with Crippen molar-refractivity contribution < 1.29 is 10.2 Å². The molecule has 1 rings (SSSR count). The smallest absolute Gasteiger partial charge is 0.121 e. The molecule has 0 unspecified atom stereocenters. The standard InChI is InChI=1S/C11H17NO2/c1-2-3-4-5-12-9-6-10(13)8-11(14)7-9/h6-8,12-14H,2-5H2,1H3. The van der Waals surface area contributed by atoms with Crippen molar-refractivity contribution in [3.05, 3.63) is 18.2 Å². The molecule has 0 radical (unpaired) electrons. The topological polar surface area (TPSA) is 52.5 Å². The minimum atomic E-state index is 0.0861. The minimum absolute atomic E-state index is 0.0861. The highest BCUT2D eigenvalue weighted by atomic mass is 16.3. The number of unbranched alkanes of at least 4 members (excludes halogenated alkanes) is 2. The molecule has 0 saturated heterocycles. The molecule has 3 nitrogen and oxygen atoms in total. The lowest BCUT2D eigenvalue weighted by atomic mass is 10.2. The van der Waals surface area contributed by atoms with Crippen molar-refractivity contribution in [2.24, 2.45) is 0 Å². The summed E-state index contributed by atoms with van der Waals surface area (Å²) in [6.45, 7) is 3.02. The summed E-state index contributed by atoms with van der Waals surface area (Å²) < 4.78 is 0. The van der Waals surface area contributed by atoms with Crippen LogP contribution in [0.5, 0.6) is 11.5 Å². The largest absolute Gasteiger partial charge is 0.508 e. The minimum Gasteiger partial charge on any atom is -0.508 e. The van der Waals surface area contributed by atoms with Crippen molar-refractivity contribution in [3.8, 4) is 11.5 Å². The zero-order valence-corrected chi connectivity index (χ0v) is 8.45. The second kappa shape index (κ2) is 5.37. The van der Waals surface area contributed by atoms with E-state index in [1.165, 1.54) is 18.9 Å². The predicted octanol–water partition coefficient (Wildman–Crippen LogP) is 2.70. The molecule has 14 heavy (non-hydrogen) atoms. The summed E-state index contributed by atoms with van der Waals surface area (Å²) in [5.41, 5.74) is 0.763. The number of rotatable bonds is 5. The number of hydrogen-bond acceptors (Lipinski definition) is 3. The average Bonchev–Trinajstić information content (AvgIpc) is 2.11. The van der Waals surface area contributed by atoms with Gasteiger partial charge in [0.25, 0.3) is 0 Å². The summed E-state index contributed by atoms with van der Waals surface area (Å²) in [4.78, 5) is 0. The SMILES string of the molecule is CCCCCNc1cc(O)cc(O)c1. The Bertz CT molecular complexity index is 266. The van der Waals surface area contributed by atoms with Crippen LogP contribution in [-0.4, -0.2) is 16.8 Å². The molecule has 0 aliphatic carbocycles. The first-order valence-electron chi connectivity index (χ1n) is 4.99. The van der Waals surface area contributed by atoms with Crippen LogP contribution in [0.3, 0.4) is 0 Å². The van der Waals surface area contributed by atoms with Gasteiger partial charge in [0.05, 0.1) is 0 Å². The third-order valence-corrected chi connectivity index (χ3v) is 2.01. The summed E-state index contributed by atoms with van der Waals surface area (Å²) in [6, 6.07) is 4.52. The number of phenolic OH excluding ortho intramolecular Hbond substituents is 2. The molecule has 0 fully saturated rings. The van der Waals surface area contributed by atoms with Crippen molar-refractivity contribution in [1.29, 1.82) is 0 Å². The van der Waals surface area contributed by atoms with Gasteiger partial charge in [-0.1, -0.05) is 19.8 Å². The van der Waals surface area contributed by atoms with Gasteiger partial charge in [0, 0.05) is 30.4 Å². The van der Waals surface area contributed by atoms with E-state index in [-0.39, 0.29) is 11.5 Å². The highest BCUT2D eigenvalue weighted by Crippen LogP contribution is 2.23. The molecule has 3 N–H and O–H groups in total. The molecule has 78 valence electrons. The lowest BCUT2D eigenvalue weighted by molar-refractivity contribution is 0.451. The molecule has 0 spiro atoms. The lowest BCUT2D eigenvalue weighted by Gasteiger charge is -2.06. The van der Waals surface area contributed by atoms with Gasteiger partial charge in [-0.25, -0.2) is 0 Å². The van der Waals surface area contributed by atoms with Gasteiger partial charge in [0.15, 0.2) is 0 Å². The normalized spacial score (nSPS) is 10.1. The van der Waals surface area contributed by atoms with Gasteiger partial charge in [-0.05, 0) is 6.42 Å². The summed E-state index contributed by atoms with van der Waals surface area (Å²) in [5, 5.41) is 21.5. The van der Waals surface area contributed by atoms with Gasteiger partial charge >= 0.3 is 0 Å². The van der Waals surface area contributed by atoms with Crippen LogP contribution in [0, 0.1) is 0 Å². The Labute approximate surface area is 84.4 Å². The highest BCUT2D eigenvalue weighted by molar-refractivity contribution is 5.52. The van der Waals surface area contributed by atoms with Crippen molar-refractivity contribution in [2.45, 2.75) is 26.2 Å². The number of hydrogen-bond donors (Lipinski definition) is 3. The van der Waals surface area contributed by atoms with Crippen LogP contribution in [-0.2, 0) is 0 Å². The first kappa shape index (κ1) is 10.7. The second-order valence-corrected chi connectivity index (χ2v) is 3.37. The van der Waals surface area contributed by atoms with E-state index in [1.807, 2.05) is 0 Å². The van der Waals surface area contributed by atoms with Gasteiger partial charge < -0.3 is 15.5 Å².